The molecule has 0 radical (unpaired) electrons. The second-order valence-corrected chi connectivity index (χ2v) is 7.84. The van der Waals surface area contributed by atoms with Gasteiger partial charge in [0.05, 0.1) is 6.04 Å². The number of hydrogen-bond donors (Lipinski definition) is 2. The summed E-state index contributed by atoms with van der Waals surface area (Å²) in [6.07, 6.45) is 5.74. The van der Waals surface area contributed by atoms with E-state index in [-0.39, 0.29) is 5.41 Å². The number of fused-ring (bicyclic) bond motifs is 4. The number of allylic oxidation sites excluding steroid dienone is 1. The number of aromatic nitrogens is 1. The lowest BCUT2D eigenvalue weighted by Gasteiger charge is -2.40. The van der Waals surface area contributed by atoms with E-state index < -0.39 is 0 Å². The zero-order valence-electron chi connectivity index (χ0n) is 14.1. The topological polar surface area (TPSA) is 27.8 Å². The third-order valence-corrected chi connectivity index (χ3v) is 5.78. The summed E-state index contributed by atoms with van der Waals surface area (Å²) >= 11 is 0. The van der Waals surface area contributed by atoms with E-state index in [1.54, 1.807) is 0 Å². The maximum absolute atomic E-state index is 3.75. The highest BCUT2D eigenvalue weighted by Crippen LogP contribution is 2.54. The molecule has 2 nitrogen and oxygen atoms in total. The molecule has 0 bridgehead atoms. The van der Waals surface area contributed by atoms with Crippen LogP contribution in [-0.4, -0.2) is 11.0 Å². The number of H-pyrrole nitrogens is 1. The van der Waals surface area contributed by atoms with Gasteiger partial charge in [-0.1, -0.05) is 56.3 Å². The highest BCUT2D eigenvalue weighted by Gasteiger charge is 2.44. The molecule has 0 saturated carbocycles. The van der Waals surface area contributed by atoms with Gasteiger partial charge in [-0.05, 0) is 35.1 Å². The summed E-state index contributed by atoms with van der Waals surface area (Å²) in [5.74, 6) is 0.544. The monoisotopic (exact) mass is 314 g/mol. The number of benzene rings is 2. The van der Waals surface area contributed by atoms with Crippen molar-refractivity contribution in [1.82, 2.24) is 4.98 Å². The summed E-state index contributed by atoms with van der Waals surface area (Å²) in [6.45, 7) is 4.83. The van der Waals surface area contributed by atoms with Crippen LogP contribution >= 0.6 is 0 Å². The molecule has 2 N–H and O–H groups in total. The Morgan fingerprint density at radius 1 is 1.00 bits per heavy atom. The van der Waals surface area contributed by atoms with Gasteiger partial charge >= 0.3 is 0 Å². The van der Waals surface area contributed by atoms with E-state index in [1.807, 2.05) is 0 Å². The minimum atomic E-state index is 0.229. The van der Waals surface area contributed by atoms with Crippen molar-refractivity contribution in [2.45, 2.75) is 32.2 Å². The lowest BCUT2D eigenvalue weighted by Crippen LogP contribution is -2.34. The molecule has 5 rings (SSSR count). The lowest BCUT2D eigenvalue weighted by atomic mass is 9.65. The first-order valence-corrected chi connectivity index (χ1v) is 8.76. The van der Waals surface area contributed by atoms with Crippen LogP contribution in [-0.2, 0) is 0 Å². The smallest absolute Gasteiger partial charge is 0.0525 e. The zero-order chi connectivity index (χ0) is 16.3. The Labute approximate surface area is 142 Å². The summed E-state index contributed by atoms with van der Waals surface area (Å²) in [5, 5.41) is 5.07. The molecule has 0 amide bonds. The maximum Gasteiger partial charge on any atom is 0.0525 e. The number of hydrogen-bond acceptors (Lipinski definition) is 1. The third kappa shape index (κ3) is 1.89. The number of nitrogens with one attached hydrogen (secondary N) is 2. The SMILES string of the molecule is CC1(C)CC(c2c[nH]c3ccccc23)=C[C@@H]2Nc3ccccc3[C@@H]21. The highest BCUT2D eigenvalue weighted by atomic mass is 15.0. The van der Waals surface area contributed by atoms with Gasteiger partial charge < -0.3 is 10.3 Å². The van der Waals surface area contributed by atoms with Gasteiger partial charge in [-0.3, -0.25) is 0 Å². The molecule has 1 aliphatic carbocycles. The molecule has 3 aromatic rings. The predicted octanol–water partition coefficient (Wildman–Crippen LogP) is 5.56. The first-order valence-electron chi connectivity index (χ1n) is 8.76. The molecule has 2 atom stereocenters. The third-order valence-electron chi connectivity index (χ3n) is 5.78. The summed E-state index contributed by atoms with van der Waals surface area (Å²) < 4.78 is 0. The van der Waals surface area contributed by atoms with Crippen LogP contribution < -0.4 is 5.32 Å². The summed E-state index contributed by atoms with van der Waals surface area (Å²) in [7, 11) is 0. The van der Waals surface area contributed by atoms with Crippen LogP contribution in [0.4, 0.5) is 5.69 Å². The summed E-state index contributed by atoms with van der Waals surface area (Å²) in [5.41, 5.74) is 7.04. The molecule has 2 aliphatic rings. The van der Waals surface area contributed by atoms with Gasteiger partial charge in [0.25, 0.3) is 0 Å². The molecule has 1 aromatic heterocycles. The molecule has 24 heavy (non-hydrogen) atoms. The van der Waals surface area contributed by atoms with Crippen LogP contribution in [0.2, 0.25) is 0 Å². The van der Waals surface area contributed by atoms with E-state index in [0.717, 1.165) is 6.42 Å². The molecule has 0 spiro atoms. The van der Waals surface area contributed by atoms with Crippen molar-refractivity contribution in [3.63, 3.8) is 0 Å². The number of para-hydroxylation sites is 2. The molecule has 2 aromatic carbocycles. The Balaban J connectivity index is 1.64. The molecular weight excluding hydrogens is 292 g/mol. The lowest BCUT2D eigenvalue weighted by molar-refractivity contribution is 0.280. The van der Waals surface area contributed by atoms with Crippen molar-refractivity contribution < 1.29 is 0 Å². The number of anilines is 1. The van der Waals surface area contributed by atoms with E-state index in [9.17, 15) is 0 Å². The molecule has 0 saturated heterocycles. The van der Waals surface area contributed by atoms with Gasteiger partial charge in [0.15, 0.2) is 0 Å². The van der Waals surface area contributed by atoms with Crippen molar-refractivity contribution in [2.75, 3.05) is 5.32 Å². The predicted molar refractivity (Wildman–Crippen MR) is 101 cm³/mol. The van der Waals surface area contributed by atoms with E-state index in [1.165, 1.54) is 33.3 Å². The van der Waals surface area contributed by atoms with Crippen LogP contribution in [0.3, 0.4) is 0 Å². The average Bonchev–Trinajstić information content (AvgIpc) is 3.15. The summed E-state index contributed by atoms with van der Waals surface area (Å²) in [6, 6.07) is 17.8. The normalized spacial score (nSPS) is 24.2. The van der Waals surface area contributed by atoms with Gasteiger partial charge in [-0.15, -0.1) is 0 Å². The fourth-order valence-corrected chi connectivity index (χ4v) is 4.80. The minimum absolute atomic E-state index is 0.229. The molecular formula is C22H22N2. The largest absolute Gasteiger partial charge is 0.378 e. The molecule has 120 valence electrons. The van der Waals surface area contributed by atoms with Gasteiger partial charge in [0.1, 0.15) is 0 Å². The highest BCUT2D eigenvalue weighted by molar-refractivity contribution is 5.93. The van der Waals surface area contributed by atoms with Crippen molar-refractivity contribution in [2.24, 2.45) is 5.41 Å². The Morgan fingerprint density at radius 3 is 2.71 bits per heavy atom. The Kier molecular flexibility index (Phi) is 2.76. The molecule has 1 aliphatic heterocycles. The van der Waals surface area contributed by atoms with Crippen LogP contribution in [0.5, 0.6) is 0 Å². The molecule has 2 heteroatoms. The van der Waals surface area contributed by atoms with Gasteiger partial charge in [0, 0.05) is 34.3 Å². The van der Waals surface area contributed by atoms with Crippen molar-refractivity contribution in [1.29, 1.82) is 0 Å². The van der Waals surface area contributed by atoms with Crippen molar-refractivity contribution >= 4 is 22.2 Å². The minimum Gasteiger partial charge on any atom is -0.378 e. The zero-order valence-corrected chi connectivity index (χ0v) is 14.1. The molecule has 0 fully saturated rings. The van der Waals surface area contributed by atoms with Gasteiger partial charge in [-0.25, -0.2) is 0 Å². The van der Waals surface area contributed by atoms with E-state index in [4.69, 9.17) is 0 Å². The summed E-state index contributed by atoms with van der Waals surface area (Å²) in [4.78, 5) is 3.43. The second kappa shape index (κ2) is 4.76. The quantitative estimate of drug-likeness (QED) is 0.604. The van der Waals surface area contributed by atoms with Crippen LogP contribution in [0.15, 0.2) is 60.8 Å². The second-order valence-electron chi connectivity index (χ2n) is 7.84. The van der Waals surface area contributed by atoms with Crippen LogP contribution in [0.1, 0.15) is 37.3 Å². The van der Waals surface area contributed by atoms with E-state index in [2.05, 4.69) is 85.0 Å². The average molecular weight is 314 g/mol. The van der Waals surface area contributed by atoms with Crippen LogP contribution in [0.25, 0.3) is 16.5 Å². The first kappa shape index (κ1) is 13.9. The molecule has 2 heterocycles. The fraction of sp³-hybridized carbons (Fsp3) is 0.273. The first-order chi connectivity index (χ1) is 11.6. The van der Waals surface area contributed by atoms with Crippen molar-refractivity contribution in [3.8, 4) is 0 Å². The Morgan fingerprint density at radius 2 is 1.79 bits per heavy atom. The van der Waals surface area contributed by atoms with E-state index in [0.29, 0.717) is 12.0 Å². The van der Waals surface area contributed by atoms with Crippen LogP contribution in [0, 0.1) is 5.41 Å². The molecule has 0 unspecified atom stereocenters. The Hall–Kier alpha value is -2.48. The van der Waals surface area contributed by atoms with Crippen molar-refractivity contribution in [3.05, 3.63) is 71.9 Å². The Bertz CT molecular complexity index is 961. The standard InChI is InChI=1S/C22H22N2/c1-22(2)12-14(17-13-23-18-9-5-3-7-15(17)18)11-20-21(22)16-8-4-6-10-19(16)24-20/h3-11,13,20-21,23-24H,12H2,1-2H3/t20-,21-/m0/s1. The van der Waals surface area contributed by atoms with E-state index >= 15 is 0 Å². The van der Waals surface area contributed by atoms with Gasteiger partial charge in [0.2, 0.25) is 0 Å². The maximum atomic E-state index is 3.75. The number of rotatable bonds is 1. The van der Waals surface area contributed by atoms with Gasteiger partial charge in [-0.2, -0.15) is 0 Å². The fourth-order valence-electron chi connectivity index (χ4n) is 4.80. The number of aromatic amines is 1.